The van der Waals surface area contributed by atoms with Gasteiger partial charge in [0.15, 0.2) is 4.91 Å². The molecule has 0 bridgehead atoms. The fourth-order valence-corrected chi connectivity index (χ4v) is 5.09. The van der Waals surface area contributed by atoms with E-state index in [1.807, 2.05) is 44.2 Å². The van der Waals surface area contributed by atoms with Gasteiger partial charge in [-0.3, -0.25) is 9.10 Å². The first-order valence-corrected chi connectivity index (χ1v) is 11.8. The minimum atomic E-state index is -4.09. The zero-order valence-corrected chi connectivity index (χ0v) is 18.7. The molecule has 164 valence electrons. The van der Waals surface area contributed by atoms with Crippen LogP contribution in [-0.2, 0) is 16.6 Å². The standard InChI is InChI=1S/C25H24N2O4S/c1-3-31-23-11-7-5-9-21(23)26-16-24-25(28)20-8-4-6-10-22(20)27(32(24,29)30)17-19-14-12-18(2)13-15-19/h4-16,26H,3,17H2,1-2H3. The first kappa shape index (κ1) is 21.6. The highest BCUT2D eigenvalue weighted by molar-refractivity contribution is 7.97. The number of nitrogens with one attached hydrogen (secondary N) is 1. The van der Waals surface area contributed by atoms with Crippen LogP contribution in [0.3, 0.4) is 0 Å². The van der Waals surface area contributed by atoms with Gasteiger partial charge in [-0.25, -0.2) is 8.42 Å². The number of benzene rings is 3. The molecule has 3 aromatic carbocycles. The van der Waals surface area contributed by atoms with Crippen LogP contribution in [0.15, 0.2) is 83.9 Å². The van der Waals surface area contributed by atoms with E-state index in [0.717, 1.165) is 11.1 Å². The molecule has 0 radical (unpaired) electrons. The highest BCUT2D eigenvalue weighted by Crippen LogP contribution is 2.36. The van der Waals surface area contributed by atoms with E-state index in [1.165, 1.54) is 10.5 Å². The Balaban J connectivity index is 1.76. The summed E-state index contributed by atoms with van der Waals surface area (Å²) in [5.41, 5.74) is 3.22. The minimum absolute atomic E-state index is 0.125. The maximum atomic E-state index is 13.6. The number of anilines is 2. The van der Waals surface area contributed by atoms with Crippen molar-refractivity contribution in [3.8, 4) is 5.75 Å². The highest BCUT2D eigenvalue weighted by atomic mass is 32.2. The molecule has 6 nitrogen and oxygen atoms in total. The summed E-state index contributed by atoms with van der Waals surface area (Å²) in [6.07, 6.45) is 1.26. The van der Waals surface area contributed by atoms with E-state index in [0.29, 0.717) is 29.3 Å². The monoisotopic (exact) mass is 448 g/mol. The van der Waals surface area contributed by atoms with Gasteiger partial charge in [0.1, 0.15) is 5.75 Å². The zero-order valence-electron chi connectivity index (χ0n) is 17.9. The number of carbonyl (C=O) groups is 1. The molecule has 0 aliphatic carbocycles. The van der Waals surface area contributed by atoms with Crippen molar-refractivity contribution in [3.63, 3.8) is 0 Å². The van der Waals surface area contributed by atoms with Crippen molar-refractivity contribution in [2.24, 2.45) is 0 Å². The van der Waals surface area contributed by atoms with Gasteiger partial charge in [0.2, 0.25) is 5.78 Å². The quantitative estimate of drug-likeness (QED) is 0.544. The molecule has 7 heteroatoms. The van der Waals surface area contributed by atoms with Gasteiger partial charge in [-0.05, 0) is 43.7 Å². The smallest absolute Gasteiger partial charge is 0.270 e. The predicted molar refractivity (Wildman–Crippen MR) is 126 cm³/mol. The molecule has 1 N–H and O–H groups in total. The van der Waals surface area contributed by atoms with E-state index < -0.39 is 15.8 Å². The molecule has 0 spiro atoms. The largest absolute Gasteiger partial charge is 0.492 e. The molecule has 1 aliphatic heterocycles. The molecule has 0 unspecified atom stereocenters. The lowest BCUT2D eigenvalue weighted by Crippen LogP contribution is -2.39. The van der Waals surface area contributed by atoms with Crippen LogP contribution in [0.5, 0.6) is 5.75 Å². The summed E-state index contributed by atoms with van der Waals surface area (Å²) in [6.45, 7) is 4.43. The van der Waals surface area contributed by atoms with Gasteiger partial charge in [-0.1, -0.05) is 54.1 Å². The van der Waals surface area contributed by atoms with E-state index >= 15 is 0 Å². The fourth-order valence-electron chi connectivity index (χ4n) is 3.56. The summed E-state index contributed by atoms with van der Waals surface area (Å²) in [6, 6.07) is 21.6. The summed E-state index contributed by atoms with van der Waals surface area (Å²) in [5.74, 6) is 0.0339. The molecule has 4 rings (SSSR count). The van der Waals surface area contributed by atoms with Gasteiger partial charge < -0.3 is 10.1 Å². The second-order valence-electron chi connectivity index (χ2n) is 7.43. The van der Waals surface area contributed by atoms with E-state index in [1.54, 1.807) is 42.5 Å². The molecular formula is C25H24N2O4S. The van der Waals surface area contributed by atoms with Crippen LogP contribution < -0.4 is 14.4 Å². The zero-order chi connectivity index (χ0) is 22.7. The number of nitrogens with zero attached hydrogens (tertiary/aromatic N) is 1. The topological polar surface area (TPSA) is 75.7 Å². The molecule has 32 heavy (non-hydrogen) atoms. The third kappa shape index (κ3) is 4.11. The van der Waals surface area contributed by atoms with Crippen molar-refractivity contribution in [1.82, 2.24) is 0 Å². The molecule has 0 atom stereocenters. The van der Waals surface area contributed by atoms with E-state index in [4.69, 9.17) is 4.74 Å². The van der Waals surface area contributed by atoms with Crippen molar-refractivity contribution in [2.75, 3.05) is 16.2 Å². The molecule has 0 fully saturated rings. The number of allylic oxidation sites excluding steroid dienone is 1. The van der Waals surface area contributed by atoms with Crippen LogP contribution in [0.2, 0.25) is 0 Å². The number of hydrogen-bond donors (Lipinski definition) is 1. The number of sulfonamides is 1. The Morgan fingerprint density at radius 2 is 1.66 bits per heavy atom. The Morgan fingerprint density at radius 1 is 0.969 bits per heavy atom. The maximum Gasteiger partial charge on any atom is 0.270 e. The van der Waals surface area contributed by atoms with Gasteiger partial charge in [0, 0.05) is 11.8 Å². The van der Waals surface area contributed by atoms with E-state index in [2.05, 4.69) is 5.32 Å². The minimum Gasteiger partial charge on any atom is -0.492 e. The molecule has 1 aliphatic rings. The number of aryl methyl sites for hydroxylation is 1. The summed E-state index contributed by atoms with van der Waals surface area (Å²) >= 11 is 0. The Morgan fingerprint density at radius 3 is 2.41 bits per heavy atom. The number of ketones is 1. The summed E-state index contributed by atoms with van der Waals surface area (Å²) in [5, 5.41) is 2.96. The van der Waals surface area contributed by atoms with Crippen LogP contribution in [0.25, 0.3) is 0 Å². The lowest BCUT2D eigenvalue weighted by atomic mass is 10.1. The molecule has 0 aromatic heterocycles. The van der Waals surface area contributed by atoms with Crippen molar-refractivity contribution >= 4 is 27.2 Å². The number of rotatable bonds is 6. The summed E-state index contributed by atoms with van der Waals surface area (Å²) < 4.78 is 34.0. The molecule has 1 heterocycles. The van der Waals surface area contributed by atoms with Crippen LogP contribution in [0.4, 0.5) is 11.4 Å². The number of Topliss-reactive ketones (excluding diaryl/α,β-unsaturated/α-hetero) is 1. The third-order valence-electron chi connectivity index (χ3n) is 5.20. The SMILES string of the molecule is CCOc1ccccc1NC=C1C(=O)c2ccccc2N(Cc2ccc(C)cc2)S1(=O)=O. The van der Waals surface area contributed by atoms with Gasteiger partial charge in [0.25, 0.3) is 10.0 Å². The Kier molecular flexibility index (Phi) is 6.01. The van der Waals surface area contributed by atoms with Crippen molar-refractivity contribution in [3.05, 3.63) is 101 Å². The Hall–Kier alpha value is -3.58. The van der Waals surface area contributed by atoms with E-state index in [9.17, 15) is 13.2 Å². The number of hydrogen-bond acceptors (Lipinski definition) is 5. The number of ether oxygens (including phenoxy) is 1. The lowest BCUT2D eigenvalue weighted by molar-refractivity contribution is 0.104. The molecular weight excluding hydrogens is 424 g/mol. The second kappa shape index (κ2) is 8.88. The summed E-state index contributed by atoms with van der Waals surface area (Å²) in [4.78, 5) is 12.9. The van der Waals surface area contributed by atoms with Crippen LogP contribution in [-0.4, -0.2) is 20.8 Å². The second-order valence-corrected chi connectivity index (χ2v) is 9.26. The maximum absolute atomic E-state index is 13.6. The van der Waals surface area contributed by atoms with Crippen molar-refractivity contribution in [1.29, 1.82) is 0 Å². The fraction of sp³-hybridized carbons (Fsp3) is 0.160. The molecule has 0 saturated heterocycles. The van der Waals surface area contributed by atoms with Gasteiger partial charge in [-0.15, -0.1) is 0 Å². The van der Waals surface area contributed by atoms with E-state index in [-0.39, 0.29) is 11.4 Å². The molecule has 0 amide bonds. The lowest BCUT2D eigenvalue weighted by Gasteiger charge is -2.31. The normalized spacial score (nSPS) is 16.0. The first-order chi connectivity index (χ1) is 15.4. The Labute approximate surface area is 188 Å². The average Bonchev–Trinajstić information content (AvgIpc) is 2.79. The van der Waals surface area contributed by atoms with Gasteiger partial charge in [-0.2, -0.15) is 0 Å². The number of para-hydroxylation sites is 3. The van der Waals surface area contributed by atoms with Crippen molar-refractivity contribution < 1.29 is 17.9 Å². The number of fused-ring (bicyclic) bond motifs is 1. The molecule has 3 aromatic rings. The highest BCUT2D eigenvalue weighted by Gasteiger charge is 2.40. The predicted octanol–water partition coefficient (Wildman–Crippen LogP) is 4.88. The summed E-state index contributed by atoms with van der Waals surface area (Å²) in [7, 11) is -4.09. The first-order valence-electron chi connectivity index (χ1n) is 10.3. The molecule has 0 saturated carbocycles. The van der Waals surface area contributed by atoms with Crippen LogP contribution in [0.1, 0.15) is 28.4 Å². The van der Waals surface area contributed by atoms with Crippen molar-refractivity contribution in [2.45, 2.75) is 20.4 Å². The Bertz CT molecular complexity index is 1280. The third-order valence-corrected chi connectivity index (χ3v) is 6.97. The van der Waals surface area contributed by atoms with Gasteiger partial charge >= 0.3 is 0 Å². The van der Waals surface area contributed by atoms with Crippen LogP contribution >= 0.6 is 0 Å². The van der Waals surface area contributed by atoms with Crippen LogP contribution in [0, 0.1) is 6.92 Å². The number of carbonyl (C=O) groups excluding carboxylic acids is 1. The van der Waals surface area contributed by atoms with Gasteiger partial charge in [0.05, 0.1) is 24.5 Å². The average molecular weight is 449 g/mol.